The number of aromatic amines is 1. The number of amides is 1. The second kappa shape index (κ2) is 5.69. The zero-order valence-electron chi connectivity index (χ0n) is 13.7. The molecule has 1 amide bonds. The third-order valence-corrected chi connectivity index (χ3v) is 6.72. The second-order valence-electron chi connectivity index (χ2n) is 6.53. The largest absolute Gasteiger partial charge is 0.361 e. The lowest BCUT2D eigenvalue weighted by molar-refractivity contribution is -0.117. The van der Waals surface area contributed by atoms with Gasteiger partial charge in [0.15, 0.2) is 21.4 Å². The number of aromatic nitrogens is 4. The summed E-state index contributed by atoms with van der Waals surface area (Å²) in [6, 6.07) is 1.66. The Hall–Kier alpha value is -2.23. The average Bonchev–Trinajstić information content (AvgIpc) is 2.99. The molecule has 1 aliphatic carbocycles. The molecule has 9 nitrogen and oxygen atoms in total. The van der Waals surface area contributed by atoms with E-state index in [1.54, 1.807) is 13.0 Å². The van der Waals surface area contributed by atoms with Gasteiger partial charge in [0.2, 0.25) is 11.9 Å². The standard InChI is InChI=1S/C14H19N5O4S/c1-8-6-10(19-23-8)11-15-13(18-17-11)16-12(20)14(2,3)24(21,22)7-9-4-5-9/h6,9H,4-5,7H2,1-3H3,(H2,15,16,17,18,20). The van der Waals surface area contributed by atoms with Crippen LogP contribution in [0.4, 0.5) is 5.95 Å². The van der Waals surface area contributed by atoms with Crippen molar-refractivity contribution in [3.63, 3.8) is 0 Å². The van der Waals surface area contributed by atoms with E-state index in [9.17, 15) is 13.2 Å². The van der Waals surface area contributed by atoms with E-state index in [4.69, 9.17) is 4.52 Å². The van der Waals surface area contributed by atoms with Crippen molar-refractivity contribution in [2.24, 2.45) is 5.92 Å². The summed E-state index contributed by atoms with van der Waals surface area (Å²) in [5.74, 6) is 0.551. The molecule has 2 aromatic rings. The number of rotatable bonds is 6. The van der Waals surface area contributed by atoms with Crippen molar-refractivity contribution in [1.29, 1.82) is 0 Å². The lowest BCUT2D eigenvalue weighted by Crippen LogP contribution is -2.46. The molecule has 0 aromatic carbocycles. The van der Waals surface area contributed by atoms with Crippen LogP contribution in [0.15, 0.2) is 10.6 Å². The highest BCUT2D eigenvalue weighted by Gasteiger charge is 2.44. The van der Waals surface area contributed by atoms with Gasteiger partial charge < -0.3 is 9.51 Å². The van der Waals surface area contributed by atoms with E-state index in [-0.39, 0.29) is 17.6 Å². The maximum absolute atomic E-state index is 12.4. The van der Waals surface area contributed by atoms with Crippen molar-refractivity contribution < 1.29 is 17.7 Å². The first-order valence-corrected chi connectivity index (χ1v) is 9.24. The highest BCUT2D eigenvalue weighted by atomic mass is 32.2. The number of aryl methyl sites for hydroxylation is 1. The fourth-order valence-electron chi connectivity index (χ4n) is 2.11. The fraction of sp³-hybridized carbons (Fsp3) is 0.571. The molecule has 0 spiro atoms. The maximum Gasteiger partial charge on any atom is 0.247 e. The molecule has 3 rings (SSSR count). The Bertz CT molecular complexity index is 863. The molecule has 1 aliphatic rings. The molecule has 0 radical (unpaired) electrons. The number of nitrogens with one attached hydrogen (secondary N) is 2. The van der Waals surface area contributed by atoms with Crippen molar-refractivity contribution in [1.82, 2.24) is 20.3 Å². The van der Waals surface area contributed by atoms with E-state index in [0.717, 1.165) is 12.8 Å². The Labute approximate surface area is 139 Å². The van der Waals surface area contributed by atoms with Crippen LogP contribution < -0.4 is 5.32 Å². The van der Waals surface area contributed by atoms with Crippen LogP contribution in [0.1, 0.15) is 32.4 Å². The molecule has 10 heteroatoms. The summed E-state index contributed by atoms with van der Waals surface area (Å²) >= 11 is 0. The molecule has 24 heavy (non-hydrogen) atoms. The SMILES string of the molecule is Cc1cc(-c2nnc(NC(=O)C(C)(C)S(=O)(=O)CC3CC3)[nH]2)no1. The van der Waals surface area contributed by atoms with Crippen LogP contribution in [-0.2, 0) is 14.6 Å². The molecule has 0 aliphatic heterocycles. The number of H-pyrrole nitrogens is 1. The number of nitrogens with zero attached hydrogens (tertiary/aromatic N) is 3. The van der Waals surface area contributed by atoms with Crippen LogP contribution in [0.2, 0.25) is 0 Å². The van der Waals surface area contributed by atoms with Crippen molar-refractivity contribution in [3.05, 3.63) is 11.8 Å². The number of carbonyl (C=O) groups excluding carboxylic acids is 1. The lowest BCUT2D eigenvalue weighted by atomic mass is 10.2. The first kappa shape index (κ1) is 16.6. The first-order chi connectivity index (χ1) is 11.2. The van der Waals surface area contributed by atoms with Gasteiger partial charge in [0.05, 0.1) is 5.75 Å². The summed E-state index contributed by atoms with van der Waals surface area (Å²) in [5.41, 5.74) is 0.445. The second-order valence-corrected chi connectivity index (χ2v) is 9.12. The Morgan fingerprint density at radius 3 is 2.71 bits per heavy atom. The van der Waals surface area contributed by atoms with Crippen molar-refractivity contribution in [2.45, 2.75) is 38.4 Å². The Balaban J connectivity index is 1.73. The van der Waals surface area contributed by atoms with Crippen molar-refractivity contribution in [2.75, 3.05) is 11.1 Å². The molecule has 1 saturated carbocycles. The predicted molar refractivity (Wildman–Crippen MR) is 85.8 cm³/mol. The molecule has 0 unspecified atom stereocenters. The molecular formula is C14H19N5O4S. The van der Waals surface area contributed by atoms with Crippen molar-refractivity contribution >= 4 is 21.7 Å². The van der Waals surface area contributed by atoms with Crippen LogP contribution in [0, 0.1) is 12.8 Å². The third-order valence-electron chi connectivity index (χ3n) is 4.07. The van der Waals surface area contributed by atoms with E-state index in [1.807, 2.05) is 0 Å². The Kier molecular flexibility index (Phi) is 3.94. The van der Waals surface area contributed by atoms with E-state index >= 15 is 0 Å². The monoisotopic (exact) mass is 353 g/mol. The topological polar surface area (TPSA) is 131 Å². The Morgan fingerprint density at radius 2 is 2.12 bits per heavy atom. The van der Waals surface area contributed by atoms with E-state index in [1.165, 1.54) is 13.8 Å². The predicted octanol–water partition coefficient (Wildman–Crippen LogP) is 1.31. The number of anilines is 1. The van der Waals surface area contributed by atoms with E-state index in [0.29, 0.717) is 17.3 Å². The highest BCUT2D eigenvalue weighted by Crippen LogP contribution is 2.34. The fourth-order valence-corrected chi connectivity index (χ4v) is 3.82. The molecule has 130 valence electrons. The molecule has 2 heterocycles. The maximum atomic E-state index is 12.4. The molecule has 0 atom stereocenters. The van der Waals surface area contributed by atoms with E-state index in [2.05, 4.69) is 25.7 Å². The number of hydrogen-bond acceptors (Lipinski definition) is 7. The van der Waals surface area contributed by atoms with Gasteiger partial charge in [0.1, 0.15) is 10.5 Å². The quantitative estimate of drug-likeness (QED) is 0.800. The normalized spacial score (nSPS) is 15.5. The molecular weight excluding hydrogens is 334 g/mol. The summed E-state index contributed by atoms with van der Waals surface area (Å²) in [6.07, 6.45) is 1.80. The molecule has 1 fully saturated rings. The Morgan fingerprint density at radius 1 is 1.42 bits per heavy atom. The van der Waals surface area contributed by atoms with E-state index < -0.39 is 20.5 Å². The van der Waals surface area contributed by atoms with Crippen LogP contribution in [-0.4, -0.2) is 45.2 Å². The minimum Gasteiger partial charge on any atom is -0.361 e. The van der Waals surface area contributed by atoms with Gasteiger partial charge in [-0.2, -0.15) is 0 Å². The average molecular weight is 353 g/mol. The van der Waals surface area contributed by atoms with Crippen LogP contribution in [0.25, 0.3) is 11.5 Å². The zero-order valence-corrected chi connectivity index (χ0v) is 14.5. The summed E-state index contributed by atoms with van der Waals surface area (Å²) in [6.45, 7) is 4.54. The van der Waals surface area contributed by atoms with Gasteiger partial charge in [-0.15, -0.1) is 10.2 Å². The minimum atomic E-state index is -3.56. The third kappa shape index (κ3) is 3.18. The van der Waals surface area contributed by atoms with Gasteiger partial charge in [-0.25, -0.2) is 8.42 Å². The summed E-state index contributed by atoms with van der Waals surface area (Å²) in [7, 11) is -3.56. The lowest BCUT2D eigenvalue weighted by Gasteiger charge is -2.23. The molecule has 2 N–H and O–H groups in total. The molecule has 2 aromatic heterocycles. The number of sulfone groups is 1. The summed E-state index contributed by atoms with van der Waals surface area (Å²) in [4.78, 5) is 15.2. The summed E-state index contributed by atoms with van der Waals surface area (Å²) in [5, 5.41) is 13.9. The van der Waals surface area contributed by atoms with Gasteiger partial charge in [-0.1, -0.05) is 5.16 Å². The molecule has 0 saturated heterocycles. The smallest absolute Gasteiger partial charge is 0.247 e. The summed E-state index contributed by atoms with van der Waals surface area (Å²) < 4.78 is 28.3. The molecule has 0 bridgehead atoms. The van der Waals surface area contributed by atoms with Crippen LogP contribution >= 0.6 is 0 Å². The zero-order chi connectivity index (χ0) is 17.5. The number of carbonyl (C=O) groups is 1. The minimum absolute atomic E-state index is 0.0350. The van der Waals surface area contributed by atoms with Crippen LogP contribution in [0.3, 0.4) is 0 Å². The van der Waals surface area contributed by atoms with Gasteiger partial charge in [-0.05, 0) is 39.5 Å². The van der Waals surface area contributed by atoms with Crippen molar-refractivity contribution in [3.8, 4) is 11.5 Å². The number of hydrogen-bond donors (Lipinski definition) is 2. The first-order valence-electron chi connectivity index (χ1n) is 7.59. The van der Waals surface area contributed by atoms with Gasteiger partial charge >= 0.3 is 0 Å². The van der Waals surface area contributed by atoms with Gasteiger partial charge in [0.25, 0.3) is 0 Å². The van der Waals surface area contributed by atoms with Gasteiger partial charge in [-0.3, -0.25) is 10.1 Å². The van der Waals surface area contributed by atoms with Gasteiger partial charge in [0, 0.05) is 6.07 Å². The highest BCUT2D eigenvalue weighted by molar-refractivity contribution is 7.93. The van der Waals surface area contributed by atoms with Crippen LogP contribution in [0.5, 0.6) is 0 Å².